The molecule has 2 aromatic rings. The standard InChI is InChI=1S/C18H22N2O2S/c1-12(2)17(15-5-4-10-23-15)20-16(21)11-19-18(22)14-8-6-13(3)7-9-14/h4-10,12,17H,11H2,1-3H3,(H,19,22)(H,20,21)/t17-/m0/s1. The van der Waals surface area contributed by atoms with Crippen molar-refractivity contribution in [2.45, 2.75) is 26.8 Å². The Bertz CT molecular complexity index is 648. The van der Waals surface area contributed by atoms with Crippen LogP contribution in [0.4, 0.5) is 0 Å². The lowest BCUT2D eigenvalue weighted by atomic mass is 10.0. The predicted molar refractivity (Wildman–Crippen MR) is 93.6 cm³/mol. The zero-order chi connectivity index (χ0) is 16.8. The molecule has 0 fully saturated rings. The molecule has 0 aliphatic heterocycles. The van der Waals surface area contributed by atoms with Crippen LogP contribution in [0.1, 0.15) is 40.7 Å². The summed E-state index contributed by atoms with van der Waals surface area (Å²) in [4.78, 5) is 25.3. The van der Waals surface area contributed by atoms with Gasteiger partial charge in [-0.2, -0.15) is 0 Å². The molecule has 0 aliphatic rings. The number of amides is 2. The molecule has 1 atom stereocenters. The SMILES string of the molecule is Cc1ccc(C(=O)NCC(=O)N[C@H](c2cccs2)C(C)C)cc1. The molecule has 5 heteroatoms. The zero-order valence-corrected chi connectivity index (χ0v) is 14.4. The molecule has 4 nitrogen and oxygen atoms in total. The topological polar surface area (TPSA) is 58.2 Å². The van der Waals surface area contributed by atoms with E-state index >= 15 is 0 Å². The number of benzene rings is 1. The van der Waals surface area contributed by atoms with Crippen LogP contribution in [0.15, 0.2) is 41.8 Å². The van der Waals surface area contributed by atoms with Crippen LogP contribution in [0.2, 0.25) is 0 Å². The molecule has 2 amide bonds. The molecular formula is C18H22N2O2S. The van der Waals surface area contributed by atoms with Gasteiger partial charge in [-0.05, 0) is 36.4 Å². The molecular weight excluding hydrogens is 308 g/mol. The monoisotopic (exact) mass is 330 g/mol. The van der Waals surface area contributed by atoms with E-state index in [1.807, 2.05) is 36.6 Å². The van der Waals surface area contributed by atoms with E-state index in [0.717, 1.165) is 10.4 Å². The highest BCUT2D eigenvalue weighted by atomic mass is 32.1. The Morgan fingerprint density at radius 3 is 2.39 bits per heavy atom. The fourth-order valence-electron chi connectivity index (χ4n) is 2.23. The molecule has 122 valence electrons. The van der Waals surface area contributed by atoms with Crippen LogP contribution < -0.4 is 10.6 Å². The molecule has 2 N–H and O–H groups in total. The first-order valence-corrected chi connectivity index (χ1v) is 8.53. The molecule has 1 aromatic heterocycles. The molecule has 2 rings (SSSR count). The maximum atomic E-state index is 12.1. The Morgan fingerprint density at radius 1 is 1.13 bits per heavy atom. The number of carbonyl (C=O) groups is 2. The largest absolute Gasteiger partial charge is 0.347 e. The summed E-state index contributed by atoms with van der Waals surface area (Å²) in [7, 11) is 0. The summed E-state index contributed by atoms with van der Waals surface area (Å²) >= 11 is 1.62. The average molecular weight is 330 g/mol. The van der Waals surface area contributed by atoms with Crippen LogP contribution in [-0.2, 0) is 4.79 Å². The number of thiophene rings is 1. The molecule has 0 saturated carbocycles. The summed E-state index contributed by atoms with van der Waals surface area (Å²) in [6.07, 6.45) is 0. The smallest absolute Gasteiger partial charge is 0.251 e. The number of rotatable bonds is 6. The summed E-state index contributed by atoms with van der Waals surface area (Å²) in [5, 5.41) is 7.65. The maximum absolute atomic E-state index is 12.1. The van der Waals surface area contributed by atoms with E-state index in [1.54, 1.807) is 23.5 Å². The minimum absolute atomic E-state index is 0.0265. The van der Waals surface area contributed by atoms with Crippen LogP contribution in [0.3, 0.4) is 0 Å². The van der Waals surface area contributed by atoms with Gasteiger partial charge in [-0.25, -0.2) is 0 Å². The van der Waals surface area contributed by atoms with Crippen molar-refractivity contribution in [3.63, 3.8) is 0 Å². The maximum Gasteiger partial charge on any atom is 0.251 e. The van der Waals surface area contributed by atoms with Crippen molar-refractivity contribution in [1.29, 1.82) is 0 Å². The van der Waals surface area contributed by atoms with Crippen LogP contribution in [0, 0.1) is 12.8 Å². The zero-order valence-electron chi connectivity index (χ0n) is 13.6. The van der Waals surface area contributed by atoms with Crippen molar-refractivity contribution in [1.82, 2.24) is 10.6 Å². The van der Waals surface area contributed by atoms with Gasteiger partial charge < -0.3 is 10.6 Å². The summed E-state index contributed by atoms with van der Waals surface area (Å²) in [5.74, 6) is -0.139. The van der Waals surface area contributed by atoms with E-state index in [2.05, 4.69) is 24.5 Å². The third-order valence-electron chi connectivity index (χ3n) is 3.56. The lowest BCUT2D eigenvalue weighted by molar-refractivity contribution is -0.121. The highest BCUT2D eigenvalue weighted by Gasteiger charge is 2.19. The van der Waals surface area contributed by atoms with E-state index in [1.165, 1.54) is 0 Å². The molecule has 0 saturated heterocycles. The molecule has 0 aliphatic carbocycles. The van der Waals surface area contributed by atoms with Crippen molar-refractivity contribution in [2.75, 3.05) is 6.54 Å². The number of hydrogen-bond donors (Lipinski definition) is 2. The first-order chi connectivity index (χ1) is 11.0. The summed E-state index contributed by atoms with van der Waals surface area (Å²) in [6, 6.07) is 11.2. The lowest BCUT2D eigenvalue weighted by Gasteiger charge is -2.21. The van der Waals surface area contributed by atoms with Crippen molar-refractivity contribution < 1.29 is 9.59 Å². The van der Waals surface area contributed by atoms with Crippen LogP contribution in [-0.4, -0.2) is 18.4 Å². The highest BCUT2D eigenvalue weighted by molar-refractivity contribution is 7.10. The first kappa shape index (κ1) is 17.2. The fraction of sp³-hybridized carbons (Fsp3) is 0.333. The quantitative estimate of drug-likeness (QED) is 0.854. The van der Waals surface area contributed by atoms with Crippen molar-refractivity contribution in [3.8, 4) is 0 Å². The Morgan fingerprint density at radius 2 is 1.83 bits per heavy atom. The first-order valence-electron chi connectivity index (χ1n) is 7.65. The van der Waals surface area contributed by atoms with Gasteiger partial charge in [-0.15, -0.1) is 11.3 Å². The number of hydrogen-bond acceptors (Lipinski definition) is 3. The van der Waals surface area contributed by atoms with Crippen LogP contribution in [0.5, 0.6) is 0 Å². The van der Waals surface area contributed by atoms with Gasteiger partial charge in [-0.1, -0.05) is 37.6 Å². The van der Waals surface area contributed by atoms with Gasteiger partial charge >= 0.3 is 0 Å². The van der Waals surface area contributed by atoms with E-state index < -0.39 is 0 Å². The number of nitrogens with one attached hydrogen (secondary N) is 2. The van der Waals surface area contributed by atoms with Gasteiger partial charge in [0.15, 0.2) is 0 Å². The van der Waals surface area contributed by atoms with Gasteiger partial charge in [0.05, 0.1) is 12.6 Å². The van der Waals surface area contributed by atoms with E-state index in [4.69, 9.17) is 0 Å². The molecule has 0 radical (unpaired) electrons. The minimum atomic E-state index is -0.239. The van der Waals surface area contributed by atoms with Gasteiger partial charge in [0.2, 0.25) is 5.91 Å². The van der Waals surface area contributed by atoms with Crippen molar-refractivity contribution in [2.24, 2.45) is 5.92 Å². The second-order valence-corrected chi connectivity index (χ2v) is 6.83. The number of aryl methyl sites for hydroxylation is 1. The van der Waals surface area contributed by atoms with Crippen LogP contribution >= 0.6 is 11.3 Å². The second kappa shape index (κ2) is 7.92. The third kappa shape index (κ3) is 4.93. The Kier molecular flexibility index (Phi) is 5.93. The van der Waals surface area contributed by atoms with Crippen molar-refractivity contribution >= 4 is 23.2 Å². The van der Waals surface area contributed by atoms with Crippen LogP contribution in [0.25, 0.3) is 0 Å². The molecule has 1 heterocycles. The summed E-state index contributed by atoms with van der Waals surface area (Å²) in [6.45, 7) is 6.07. The molecule has 0 spiro atoms. The predicted octanol–water partition coefficient (Wildman–Crippen LogP) is 3.30. The lowest BCUT2D eigenvalue weighted by Crippen LogP contribution is -2.39. The Hall–Kier alpha value is -2.14. The Labute approximate surface area is 140 Å². The number of carbonyl (C=O) groups excluding carboxylic acids is 2. The van der Waals surface area contributed by atoms with E-state index in [9.17, 15) is 9.59 Å². The highest BCUT2D eigenvalue weighted by Crippen LogP contribution is 2.25. The van der Waals surface area contributed by atoms with Gasteiger partial charge in [0, 0.05) is 10.4 Å². The van der Waals surface area contributed by atoms with E-state index in [0.29, 0.717) is 5.56 Å². The van der Waals surface area contributed by atoms with Gasteiger partial charge in [-0.3, -0.25) is 9.59 Å². The average Bonchev–Trinajstić information content (AvgIpc) is 3.04. The molecule has 1 aromatic carbocycles. The van der Waals surface area contributed by atoms with Gasteiger partial charge in [0.25, 0.3) is 5.91 Å². The summed E-state index contributed by atoms with van der Waals surface area (Å²) < 4.78 is 0. The second-order valence-electron chi connectivity index (χ2n) is 5.85. The normalized spacial score (nSPS) is 12.0. The third-order valence-corrected chi connectivity index (χ3v) is 4.51. The minimum Gasteiger partial charge on any atom is -0.347 e. The van der Waals surface area contributed by atoms with Crippen molar-refractivity contribution in [3.05, 3.63) is 57.8 Å². The van der Waals surface area contributed by atoms with E-state index in [-0.39, 0.29) is 30.3 Å². The summed E-state index contributed by atoms with van der Waals surface area (Å²) in [5.41, 5.74) is 1.65. The molecule has 0 unspecified atom stereocenters. The van der Waals surface area contributed by atoms with Gasteiger partial charge in [0.1, 0.15) is 0 Å². The molecule has 23 heavy (non-hydrogen) atoms. The fourth-order valence-corrected chi connectivity index (χ4v) is 3.18. The molecule has 0 bridgehead atoms. The Balaban J connectivity index is 1.89.